The molecule has 2 aromatic carbocycles. The van der Waals surface area contributed by atoms with Crippen LogP contribution in [0.2, 0.25) is 0 Å². The molecule has 6 nitrogen and oxygen atoms in total. The Morgan fingerprint density at radius 2 is 1.97 bits per heavy atom. The van der Waals surface area contributed by atoms with Crippen molar-refractivity contribution < 1.29 is 18.4 Å². The SMILES string of the molecule is Cc1ccc2nc(C3CCCN3C(=O)CNC(=O)c3cc(F)cc(F)c3)[nH]c2c1. The van der Waals surface area contributed by atoms with Crippen LogP contribution in [0.25, 0.3) is 11.0 Å². The van der Waals surface area contributed by atoms with Gasteiger partial charge >= 0.3 is 0 Å². The van der Waals surface area contributed by atoms with E-state index in [2.05, 4.69) is 15.3 Å². The molecular formula is C21H20F2N4O2. The molecule has 1 fully saturated rings. The van der Waals surface area contributed by atoms with Crippen LogP contribution in [0.4, 0.5) is 8.78 Å². The number of halogens is 2. The van der Waals surface area contributed by atoms with Crippen molar-refractivity contribution in [3.05, 3.63) is 65.0 Å². The van der Waals surface area contributed by atoms with E-state index in [1.807, 2.05) is 25.1 Å². The number of aromatic amines is 1. The number of carbonyl (C=O) groups excluding carboxylic acids is 2. The van der Waals surface area contributed by atoms with Crippen LogP contribution in [0.3, 0.4) is 0 Å². The molecule has 0 spiro atoms. The highest BCUT2D eigenvalue weighted by molar-refractivity contribution is 5.96. The molecule has 4 rings (SSSR count). The second-order valence-corrected chi connectivity index (χ2v) is 7.23. The van der Waals surface area contributed by atoms with Gasteiger partial charge in [-0.05, 0) is 49.6 Å². The van der Waals surface area contributed by atoms with Gasteiger partial charge in [0.05, 0.1) is 23.6 Å². The summed E-state index contributed by atoms with van der Waals surface area (Å²) in [5.74, 6) is -1.95. The number of fused-ring (bicyclic) bond motifs is 1. The molecule has 2 heterocycles. The van der Waals surface area contributed by atoms with Crippen LogP contribution in [-0.2, 0) is 4.79 Å². The molecule has 0 bridgehead atoms. The molecule has 0 aliphatic carbocycles. The number of H-pyrrole nitrogens is 1. The second-order valence-electron chi connectivity index (χ2n) is 7.23. The van der Waals surface area contributed by atoms with E-state index in [-0.39, 0.29) is 24.1 Å². The number of nitrogens with zero attached hydrogens (tertiary/aromatic N) is 2. The maximum absolute atomic E-state index is 13.3. The van der Waals surface area contributed by atoms with Gasteiger partial charge in [-0.2, -0.15) is 0 Å². The number of amides is 2. The molecule has 0 radical (unpaired) electrons. The standard InChI is InChI=1S/C21H20F2N4O2/c1-12-4-5-16-17(7-12)26-20(25-16)18-3-2-6-27(18)19(28)11-24-21(29)13-8-14(22)10-15(23)9-13/h4-5,7-10,18H,2-3,6,11H2,1H3,(H,24,29)(H,25,26). The van der Waals surface area contributed by atoms with Crippen molar-refractivity contribution in [1.29, 1.82) is 0 Å². The minimum atomic E-state index is -0.846. The molecule has 3 aromatic rings. The number of aromatic nitrogens is 2. The molecule has 1 saturated heterocycles. The first-order chi connectivity index (χ1) is 13.9. The number of nitrogens with one attached hydrogen (secondary N) is 2. The smallest absolute Gasteiger partial charge is 0.251 e. The van der Waals surface area contributed by atoms with Gasteiger partial charge in [0, 0.05) is 18.2 Å². The van der Waals surface area contributed by atoms with Crippen molar-refractivity contribution in [1.82, 2.24) is 20.2 Å². The Kier molecular flexibility index (Phi) is 5.00. The number of hydrogen-bond donors (Lipinski definition) is 2. The first kappa shape index (κ1) is 19.0. The van der Waals surface area contributed by atoms with Gasteiger partial charge in [0.1, 0.15) is 17.5 Å². The third kappa shape index (κ3) is 3.96. The maximum Gasteiger partial charge on any atom is 0.251 e. The molecule has 2 amide bonds. The summed E-state index contributed by atoms with van der Waals surface area (Å²) in [7, 11) is 0. The number of benzene rings is 2. The van der Waals surface area contributed by atoms with Crippen LogP contribution in [0.1, 0.15) is 40.6 Å². The number of imidazole rings is 1. The zero-order valence-corrected chi connectivity index (χ0v) is 15.8. The molecular weight excluding hydrogens is 378 g/mol. The van der Waals surface area contributed by atoms with Gasteiger partial charge in [-0.15, -0.1) is 0 Å². The average molecular weight is 398 g/mol. The van der Waals surface area contributed by atoms with Gasteiger partial charge < -0.3 is 15.2 Å². The fraction of sp³-hybridized carbons (Fsp3) is 0.286. The number of likely N-dealkylation sites (tertiary alicyclic amines) is 1. The Hall–Kier alpha value is -3.29. The zero-order valence-electron chi connectivity index (χ0n) is 15.8. The Bertz CT molecular complexity index is 1080. The maximum atomic E-state index is 13.3. The summed E-state index contributed by atoms with van der Waals surface area (Å²) in [6.07, 6.45) is 1.60. The highest BCUT2D eigenvalue weighted by atomic mass is 19.1. The number of rotatable bonds is 4. The van der Waals surface area contributed by atoms with Crippen molar-refractivity contribution in [3.8, 4) is 0 Å². The van der Waals surface area contributed by atoms with Crippen LogP contribution in [-0.4, -0.2) is 39.8 Å². The Balaban J connectivity index is 1.45. The van der Waals surface area contributed by atoms with E-state index < -0.39 is 17.5 Å². The van der Waals surface area contributed by atoms with Crippen LogP contribution in [0.5, 0.6) is 0 Å². The van der Waals surface area contributed by atoms with Crippen molar-refractivity contribution in [2.75, 3.05) is 13.1 Å². The lowest BCUT2D eigenvalue weighted by Gasteiger charge is -2.23. The van der Waals surface area contributed by atoms with Gasteiger partial charge in [-0.25, -0.2) is 13.8 Å². The normalized spacial score (nSPS) is 16.4. The highest BCUT2D eigenvalue weighted by Gasteiger charge is 2.32. The number of carbonyl (C=O) groups is 2. The van der Waals surface area contributed by atoms with E-state index in [0.717, 1.165) is 47.4 Å². The molecule has 8 heteroatoms. The predicted octanol–water partition coefficient (Wildman–Crippen LogP) is 3.24. The summed E-state index contributed by atoms with van der Waals surface area (Å²) < 4.78 is 26.6. The lowest BCUT2D eigenvalue weighted by Crippen LogP contribution is -2.40. The molecule has 0 saturated carbocycles. The quantitative estimate of drug-likeness (QED) is 0.708. The third-order valence-electron chi connectivity index (χ3n) is 5.07. The lowest BCUT2D eigenvalue weighted by atomic mass is 10.2. The molecule has 1 unspecified atom stereocenters. The molecule has 2 N–H and O–H groups in total. The molecule has 1 aliphatic heterocycles. The fourth-order valence-electron chi connectivity index (χ4n) is 3.69. The van der Waals surface area contributed by atoms with Crippen molar-refractivity contribution in [2.24, 2.45) is 0 Å². The Morgan fingerprint density at radius 1 is 1.21 bits per heavy atom. The highest BCUT2D eigenvalue weighted by Crippen LogP contribution is 2.31. The fourth-order valence-corrected chi connectivity index (χ4v) is 3.69. The summed E-state index contributed by atoms with van der Waals surface area (Å²) >= 11 is 0. The van der Waals surface area contributed by atoms with Crippen molar-refractivity contribution in [3.63, 3.8) is 0 Å². The van der Waals surface area contributed by atoms with E-state index in [4.69, 9.17) is 0 Å². The van der Waals surface area contributed by atoms with E-state index >= 15 is 0 Å². The van der Waals surface area contributed by atoms with Crippen LogP contribution >= 0.6 is 0 Å². The molecule has 29 heavy (non-hydrogen) atoms. The molecule has 1 atom stereocenters. The van der Waals surface area contributed by atoms with Crippen LogP contribution in [0, 0.1) is 18.6 Å². The van der Waals surface area contributed by atoms with Crippen LogP contribution < -0.4 is 5.32 Å². The van der Waals surface area contributed by atoms with E-state index in [1.54, 1.807) is 4.90 Å². The summed E-state index contributed by atoms with van der Waals surface area (Å²) in [6, 6.07) is 8.27. The zero-order chi connectivity index (χ0) is 20.5. The Morgan fingerprint density at radius 3 is 2.72 bits per heavy atom. The number of hydrogen-bond acceptors (Lipinski definition) is 3. The Labute approximate surface area is 165 Å². The second kappa shape index (κ2) is 7.62. The summed E-state index contributed by atoms with van der Waals surface area (Å²) in [5.41, 5.74) is 2.71. The summed E-state index contributed by atoms with van der Waals surface area (Å²) in [4.78, 5) is 34.4. The van der Waals surface area contributed by atoms with Crippen molar-refractivity contribution >= 4 is 22.8 Å². The largest absolute Gasteiger partial charge is 0.343 e. The van der Waals surface area contributed by atoms with Gasteiger partial charge in [0.2, 0.25) is 5.91 Å². The molecule has 1 aromatic heterocycles. The first-order valence-electron chi connectivity index (χ1n) is 9.41. The van der Waals surface area contributed by atoms with Crippen LogP contribution in [0.15, 0.2) is 36.4 Å². The van der Waals surface area contributed by atoms with E-state index in [9.17, 15) is 18.4 Å². The topological polar surface area (TPSA) is 78.1 Å². The predicted molar refractivity (Wildman–Crippen MR) is 103 cm³/mol. The average Bonchev–Trinajstić information content (AvgIpc) is 3.31. The monoisotopic (exact) mass is 398 g/mol. The van der Waals surface area contributed by atoms with Gasteiger partial charge in [0.15, 0.2) is 0 Å². The minimum Gasteiger partial charge on any atom is -0.343 e. The summed E-state index contributed by atoms with van der Waals surface area (Å²) in [5, 5.41) is 2.44. The van der Waals surface area contributed by atoms with E-state index in [1.165, 1.54) is 0 Å². The molecule has 1 aliphatic rings. The minimum absolute atomic E-state index is 0.166. The first-order valence-corrected chi connectivity index (χ1v) is 9.41. The van der Waals surface area contributed by atoms with Gasteiger partial charge in [-0.3, -0.25) is 9.59 Å². The van der Waals surface area contributed by atoms with Gasteiger partial charge in [-0.1, -0.05) is 6.07 Å². The van der Waals surface area contributed by atoms with E-state index in [0.29, 0.717) is 12.6 Å². The third-order valence-corrected chi connectivity index (χ3v) is 5.07. The summed E-state index contributed by atoms with van der Waals surface area (Å²) in [6.45, 7) is 2.30. The lowest BCUT2D eigenvalue weighted by molar-refractivity contribution is -0.131. The number of aryl methyl sites for hydroxylation is 1. The van der Waals surface area contributed by atoms with Crippen molar-refractivity contribution in [2.45, 2.75) is 25.8 Å². The molecule has 150 valence electrons. The van der Waals surface area contributed by atoms with Gasteiger partial charge in [0.25, 0.3) is 5.91 Å².